The van der Waals surface area contributed by atoms with Crippen molar-refractivity contribution in [1.29, 1.82) is 0 Å². The van der Waals surface area contributed by atoms with Crippen LogP contribution in [0.25, 0.3) is 0 Å². The Labute approximate surface area is 140 Å². The predicted octanol–water partition coefficient (Wildman–Crippen LogP) is 2.56. The molecule has 128 valence electrons. The maximum absolute atomic E-state index is 12.8. The maximum atomic E-state index is 12.8. The van der Waals surface area contributed by atoms with Crippen molar-refractivity contribution in [1.82, 2.24) is 14.9 Å². The second-order valence-electron chi connectivity index (χ2n) is 6.13. The van der Waals surface area contributed by atoms with E-state index in [1.807, 2.05) is 0 Å². The number of aromatic nitrogens is 2. The molecule has 5 nitrogen and oxygen atoms in total. The van der Waals surface area contributed by atoms with Gasteiger partial charge in [0.25, 0.3) is 5.56 Å². The Morgan fingerprint density at radius 2 is 2.17 bits per heavy atom. The molecule has 1 atom stereocenters. The van der Waals surface area contributed by atoms with Crippen molar-refractivity contribution in [2.45, 2.75) is 25.2 Å². The van der Waals surface area contributed by atoms with Crippen LogP contribution in [0.1, 0.15) is 30.9 Å². The molecule has 0 bridgehead atoms. The Hall–Kier alpha value is -2.21. The van der Waals surface area contributed by atoms with Crippen LogP contribution in [0.15, 0.2) is 41.5 Å². The quantitative estimate of drug-likeness (QED) is 0.827. The molecule has 1 N–H and O–H groups in total. The zero-order chi connectivity index (χ0) is 16.8. The van der Waals surface area contributed by atoms with Crippen LogP contribution >= 0.6 is 0 Å². The summed E-state index contributed by atoms with van der Waals surface area (Å²) >= 11 is 0. The summed E-state index contributed by atoms with van der Waals surface area (Å²) in [5.41, 5.74) is 0.788. The Balaban J connectivity index is 1.44. The topological polar surface area (TPSA) is 58.2 Å². The Morgan fingerprint density at radius 3 is 2.96 bits per heavy atom. The van der Waals surface area contributed by atoms with E-state index in [4.69, 9.17) is 4.74 Å². The van der Waals surface area contributed by atoms with E-state index >= 15 is 0 Å². The molecule has 0 saturated carbocycles. The number of piperidine rings is 1. The summed E-state index contributed by atoms with van der Waals surface area (Å²) in [7, 11) is 0. The largest absolute Gasteiger partial charge is 0.494 e. The third-order valence-corrected chi connectivity index (χ3v) is 4.32. The van der Waals surface area contributed by atoms with Crippen LogP contribution in [0.2, 0.25) is 0 Å². The standard InChI is InChI=1S/C18H22FN3O2/c19-15-4-6-16(7-5-15)24-10-2-9-22-8-1-3-14(12-22)17-11-18(23)21-13-20-17/h4-7,11,13-14H,1-3,8-10,12H2,(H,20,21,23). The minimum absolute atomic E-state index is 0.0928. The minimum atomic E-state index is -0.255. The lowest BCUT2D eigenvalue weighted by Gasteiger charge is -2.32. The van der Waals surface area contributed by atoms with Gasteiger partial charge in [-0.1, -0.05) is 0 Å². The van der Waals surface area contributed by atoms with Gasteiger partial charge in [-0.05, 0) is 50.1 Å². The number of hydrogen-bond donors (Lipinski definition) is 1. The summed E-state index contributed by atoms with van der Waals surface area (Å²) < 4.78 is 18.5. The first-order valence-electron chi connectivity index (χ1n) is 8.36. The number of H-pyrrole nitrogens is 1. The lowest BCUT2D eigenvalue weighted by atomic mass is 9.94. The summed E-state index contributed by atoms with van der Waals surface area (Å²) in [5.74, 6) is 0.759. The highest BCUT2D eigenvalue weighted by Gasteiger charge is 2.22. The van der Waals surface area contributed by atoms with Gasteiger partial charge in [0.05, 0.1) is 18.6 Å². The summed E-state index contributed by atoms with van der Waals surface area (Å²) in [4.78, 5) is 20.7. The van der Waals surface area contributed by atoms with Crippen LogP contribution in [-0.4, -0.2) is 41.1 Å². The number of nitrogens with one attached hydrogen (secondary N) is 1. The number of nitrogens with zero attached hydrogens (tertiary/aromatic N) is 2. The van der Waals surface area contributed by atoms with E-state index in [0.29, 0.717) is 18.3 Å². The van der Waals surface area contributed by atoms with Crippen molar-refractivity contribution in [2.75, 3.05) is 26.2 Å². The van der Waals surface area contributed by atoms with Crippen LogP contribution in [-0.2, 0) is 0 Å². The SMILES string of the molecule is O=c1cc(C2CCCN(CCCOc3ccc(F)cc3)C2)nc[nH]1. The minimum Gasteiger partial charge on any atom is -0.494 e. The van der Waals surface area contributed by atoms with Crippen molar-refractivity contribution >= 4 is 0 Å². The highest BCUT2D eigenvalue weighted by molar-refractivity contribution is 5.21. The molecular formula is C18H22FN3O2. The Bertz CT molecular complexity index is 702. The molecule has 3 rings (SSSR count). The number of likely N-dealkylation sites (tertiary alicyclic amines) is 1. The molecular weight excluding hydrogens is 309 g/mol. The monoisotopic (exact) mass is 331 g/mol. The average Bonchev–Trinajstić information content (AvgIpc) is 2.61. The van der Waals surface area contributed by atoms with Crippen LogP contribution < -0.4 is 10.3 Å². The van der Waals surface area contributed by atoms with Gasteiger partial charge in [-0.2, -0.15) is 0 Å². The third-order valence-electron chi connectivity index (χ3n) is 4.32. The number of halogens is 1. The van der Waals surface area contributed by atoms with Crippen molar-refractivity contribution in [3.8, 4) is 5.75 Å². The lowest BCUT2D eigenvalue weighted by molar-refractivity contribution is 0.188. The summed E-state index contributed by atoms with van der Waals surface area (Å²) in [6.45, 7) is 3.54. The smallest absolute Gasteiger partial charge is 0.250 e. The Morgan fingerprint density at radius 1 is 1.33 bits per heavy atom. The van der Waals surface area contributed by atoms with Crippen LogP contribution in [0.5, 0.6) is 5.75 Å². The van der Waals surface area contributed by atoms with E-state index in [9.17, 15) is 9.18 Å². The first-order valence-corrected chi connectivity index (χ1v) is 8.36. The van der Waals surface area contributed by atoms with E-state index in [-0.39, 0.29) is 11.4 Å². The van der Waals surface area contributed by atoms with E-state index in [1.165, 1.54) is 18.5 Å². The first-order chi connectivity index (χ1) is 11.7. The van der Waals surface area contributed by atoms with E-state index in [2.05, 4.69) is 14.9 Å². The summed E-state index contributed by atoms with van der Waals surface area (Å²) in [6, 6.07) is 7.69. The van der Waals surface area contributed by atoms with Gasteiger partial charge in [-0.3, -0.25) is 4.79 Å². The second kappa shape index (κ2) is 8.06. The molecule has 24 heavy (non-hydrogen) atoms. The van der Waals surface area contributed by atoms with Gasteiger partial charge in [0.15, 0.2) is 0 Å². The van der Waals surface area contributed by atoms with Crippen LogP contribution in [0.3, 0.4) is 0 Å². The molecule has 1 aliphatic heterocycles. The zero-order valence-electron chi connectivity index (χ0n) is 13.6. The fourth-order valence-corrected chi connectivity index (χ4v) is 3.12. The van der Waals surface area contributed by atoms with Gasteiger partial charge in [-0.15, -0.1) is 0 Å². The molecule has 0 amide bonds. The highest BCUT2D eigenvalue weighted by atomic mass is 19.1. The van der Waals surface area contributed by atoms with Crippen molar-refractivity contribution in [3.05, 3.63) is 58.5 Å². The fourth-order valence-electron chi connectivity index (χ4n) is 3.12. The number of rotatable bonds is 6. The second-order valence-corrected chi connectivity index (χ2v) is 6.13. The molecule has 1 saturated heterocycles. The van der Waals surface area contributed by atoms with Gasteiger partial charge < -0.3 is 14.6 Å². The van der Waals surface area contributed by atoms with Gasteiger partial charge >= 0.3 is 0 Å². The van der Waals surface area contributed by atoms with Crippen LogP contribution in [0, 0.1) is 5.82 Å². The Kier molecular flexibility index (Phi) is 5.59. The molecule has 2 heterocycles. The molecule has 1 aromatic carbocycles. The molecule has 1 aromatic heterocycles. The highest BCUT2D eigenvalue weighted by Crippen LogP contribution is 2.24. The number of aromatic amines is 1. The van der Waals surface area contributed by atoms with E-state index in [1.54, 1.807) is 18.2 Å². The molecule has 0 spiro atoms. The molecule has 0 radical (unpaired) electrons. The molecule has 1 fully saturated rings. The third kappa shape index (κ3) is 4.64. The maximum Gasteiger partial charge on any atom is 0.250 e. The van der Waals surface area contributed by atoms with E-state index < -0.39 is 0 Å². The first kappa shape index (κ1) is 16.6. The molecule has 0 aliphatic carbocycles. The van der Waals surface area contributed by atoms with Crippen LogP contribution in [0.4, 0.5) is 4.39 Å². The van der Waals surface area contributed by atoms with Crippen molar-refractivity contribution < 1.29 is 9.13 Å². The predicted molar refractivity (Wildman–Crippen MR) is 89.8 cm³/mol. The van der Waals surface area contributed by atoms with Gasteiger partial charge in [-0.25, -0.2) is 9.37 Å². The summed E-state index contributed by atoms with van der Waals surface area (Å²) in [6.07, 6.45) is 4.57. The van der Waals surface area contributed by atoms with Gasteiger partial charge in [0.1, 0.15) is 11.6 Å². The summed E-state index contributed by atoms with van der Waals surface area (Å²) in [5, 5.41) is 0. The number of benzene rings is 1. The average molecular weight is 331 g/mol. The molecule has 2 aromatic rings. The fraction of sp³-hybridized carbons (Fsp3) is 0.444. The molecule has 1 unspecified atom stereocenters. The van der Waals surface area contributed by atoms with Gasteiger partial charge in [0.2, 0.25) is 0 Å². The van der Waals surface area contributed by atoms with Gasteiger partial charge in [0, 0.05) is 25.1 Å². The lowest BCUT2D eigenvalue weighted by Crippen LogP contribution is -2.36. The van der Waals surface area contributed by atoms with E-state index in [0.717, 1.165) is 44.6 Å². The van der Waals surface area contributed by atoms with Crippen molar-refractivity contribution in [2.24, 2.45) is 0 Å². The van der Waals surface area contributed by atoms with Crippen molar-refractivity contribution in [3.63, 3.8) is 0 Å². The zero-order valence-corrected chi connectivity index (χ0v) is 13.6. The number of ether oxygens (including phenoxy) is 1. The molecule has 6 heteroatoms. The normalized spacial score (nSPS) is 18.5. The molecule has 1 aliphatic rings. The number of hydrogen-bond acceptors (Lipinski definition) is 4.